The van der Waals surface area contributed by atoms with Crippen LogP contribution in [0.1, 0.15) is 22.8 Å². The lowest BCUT2D eigenvalue weighted by molar-refractivity contribution is 0.0697. The fourth-order valence-electron chi connectivity index (χ4n) is 2.28. The van der Waals surface area contributed by atoms with E-state index in [1.54, 1.807) is 6.92 Å². The third-order valence-electron chi connectivity index (χ3n) is 3.44. The fraction of sp³-hybridized carbons (Fsp3) is 0.235. The van der Waals surface area contributed by atoms with Crippen molar-refractivity contribution in [3.63, 3.8) is 0 Å². The van der Waals surface area contributed by atoms with Crippen molar-refractivity contribution in [1.29, 1.82) is 0 Å². The molecular weight excluding hydrogens is 328 g/mol. The standard InChI is InChI=1S/C17H20N2O4S/c1-2-19-24(22,23)14-8-9-16(15(12-14)17(20)21)18-11-10-13-6-4-3-5-7-13/h3-9,12,18-19H,2,10-11H2,1H3,(H,20,21). The van der Waals surface area contributed by atoms with Crippen LogP contribution in [0.25, 0.3) is 0 Å². The first-order valence-corrected chi connectivity index (χ1v) is 9.07. The van der Waals surface area contributed by atoms with Crippen LogP contribution >= 0.6 is 0 Å². The Morgan fingerprint density at radius 1 is 1.12 bits per heavy atom. The van der Waals surface area contributed by atoms with Crippen molar-refractivity contribution < 1.29 is 18.3 Å². The van der Waals surface area contributed by atoms with Crippen molar-refractivity contribution in [3.05, 3.63) is 59.7 Å². The van der Waals surface area contributed by atoms with Crippen molar-refractivity contribution in [3.8, 4) is 0 Å². The van der Waals surface area contributed by atoms with Crippen LogP contribution in [-0.4, -0.2) is 32.6 Å². The van der Waals surface area contributed by atoms with Crippen LogP contribution < -0.4 is 10.0 Å². The lowest BCUT2D eigenvalue weighted by Crippen LogP contribution is -2.23. The molecule has 0 atom stereocenters. The first-order valence-electron chi connectivity index (χ1n) is 7.59. The van der Waals surface area contributed by atoms with Gasteiger partial charge in [-0.3, -0.25) is 0 Å². The average Bonchev–Trinajstić information content (AvgIpc) is 2.55. The van der Waals surface area contributed by atoms with Gasteiger partial charge in [-0.1, -0.05) is 37.3 Å². The summed E-state index contributed by atoms with van der Waals surface area (Å²) in [7, 11) is -3.69. The van der Waals surface area contributed by atoms with Crippen LogP contribution in [0.4, 0.5) is 5.69 Å². The maximum Gasteiger partial charge on any atom is 0.337 e. The van der Waals surface area contributed by atoms with E-state index in [0.29, 0.717) is 12.2 Å². The third-order valence-corrected chi connectivity index (χ3v) is 4.98. The zero-order chi connectivity index (χ0) is 17.6. The van der Waals surface area contributed by atoms with Crippen LogP contribution in [0.15, 0.2) is 53.4 Å². The Morgan fingerprint density at radius 3 is 2.46 bits per heavy atom. The number of nitrogens with one attached hydrogen (secondary N) is 2. The van der Waals surface area contributed by atoms with E-state index in [1.807, 2.05) is 30.3 Å². The van der Waals surface area contributed by atoms with Gasteiger partial charge in [0.25, 0.3) is 0 Å². The van der Waals surface area contributed by atoms with Crippen molar-refractivity contribution in [2.45, 2.75) is 18.2 Å². The Hall–Kier alpha value is -2.38. The molecule has 0 aromatic heterocycles. The summed E-state index contributed by atoms with van der Waals surface area (Å²) >= 11 is 0. The van der Waals surface area contributed by atoms with Gasteiger partial charge in [-0.05, 0) is 30.2 Å². The Labute approximate surface area is 141 Å². The van der Waals surface area contributed by atoms with Crippen LogP contribution in [0.2, 0.25) is 0 Å². The second-order valence-electron chi connectivity index (χ2n) is 5.18. The smallest absolute Gasteiger partial charge is 0.337 e. The molecule has 0 unspecified atom stereocenters. The van der Waals surface area contributed by atoms with Crippen LogP contribution in [0, 0.1) is 0 Å². The molecule has 0 saturated carbocycles. The Bertz CT molecular complexity index is 805. The zero-order valence-corrected chi connectivity index (χ0v) is 14.1. The second-order valence-corrected chi connectivity index (χ2v) is 6.94. The van der Waals surface area contributed by atoms with E-state index in [1.165, 1.54) is 18.2 Å². The number of carbonyl (C=O) groups is 1. The molecule has 0 amide bonds. The van der Waals surface area contributed by atoms with E-state index in [0.717, 1.165) is 12.0 Å². The number of hydrogen-bond acceptors (Lipinski definition) is 4. The van der Waals surface area contributed by atoms with Gasteiger partial charge in [0.05, 0.1) is 10.5 Å². The molecular formula is C17H20N2O4S. The summed E-state index contributed by atoms with van der Waals surface area (Å²) in [6.45, 7) is 2.45. The predicted octanol–water partition coefficient (Wildman–Crippen LogP) is 2.34. The molecule has 0 spiro atoms. The number of hydrogen-bond donors (Lipinski definition) is 3. The molecule has 0 aliphatic heterocycles. The fourth-order valence-corrected chi connectivity index (χ4v) is 3.35. The number of rotatable bonds is 8. The lowest BCUT2D eigenvalue weighted by atomic mass is 10.1. The lowest BCUT2D eigenvalue weighted by Gasteiger charge is -2.12. The van der Waals surface area contributed by atoms with E-state index >= 15 is 0 Å². The summed E-state index contributed by atoms with van der Waals surface area (Å²) in [5.74, 6) is -1.18. The van der Waals surface area contributed by atoms with Crippen LogP contribution in [0.3, 0.4) is 0 Å². The quantitative estimate of drug-likeness (QED) is 0.680. The Morgan fingerprint density at radius 2 is 1.83 bits per heavy atom. The molecule has 128 valence electrons. The van der Waals surface area contributed by atoms with Gasteiger partial charge in [-0.2, -0.15) is 0 Å². The molecule has 0 saturated heterocycles. The van der Waals surface area contributed by atoms with Gasteiger partial charge in [0, 0.05) is 18.8 Å². The largest absolute Gasteiger partial charge is 0.478 e. The molecule has 3 N–H and O–H groups in total. The van der Waals surface area contributed by atoms with Gasteiger partial charge >= 0.3 is 5.97 Å². The summed E-state index contributed by atoms with van der Waals surface area (Å²) in [5, 5.41) is 12.4. The van der Waals surface area contributed by atoms with Gasteiger partial charge < -0.3 is 10.4 Å². The summed E-state index contributed by atoms with van der Waals surface area (Å²) < 4.78 is 26.3. The Kier molecular flexibility index (Phi) is 5.94. The van der Waals surface area contributed by atoms with Crippen LogP contribution in [-0.2, 0) is 16.4 Å². The molecule has 0 bridgehead atoms. The number of benzene rings is 2. The van der Waals surface area contributed by atoms with Crippen molar-refractivity contribution in [1.82, 2.24) is 4.72 Å². The average molecular weight is 348 g/mol. The molecule has 2 rings (SSSR count). The van der Waals surface area contributed by atoms with E-state index < -0.39 is 16.0 Å². The van der Waals surface area contributed by atoms with Gasteiger partial charge in [0.2, 0.25) is 10.0 Å². The van der Waals surface area contributed by atoms with Gasteiger partial charge in [0.15, 0.2) is 0 Å². The molecule has 0 radical (unpaired) electrons. The minimum Gasteiger partial charge on any atom is -0.478 e. The molecule has 0 aliphatic rings. The van der Waals surface area contributed by atoms with Crippen LogP contribution in [0.5, 0.6) is 0 Å². The first-order chi connectivity index (χ1) is 11.4. The molecule has 0 heterocycles. The van der Waals surface area contributed by atoms with E-state index in [4.69, 9.17) is 0 Å². The highest BCUT2D eigenvalue weighted by molar-refractivity contribution is 7.89. The highest BCUT2D eigenvalue weighted by Gasteiger charge is 2.18. The molecule has 7 heteroatoms. The summed E-state index contributed by atoms with van der Waals surface area (Å²) in [4.78, 5) is 11.4. The third kappa shape index (κ3) is 4.56. The molecule has 6 nitrogen and oxygen atoms in total. The summed E-state index contributed by atoms with van der Waals surface area (Å²) in [6, 6.07) is 13.9. The van der Waals surface area contributed by atoms with Crippen molar-refractivity contribution in [2.24, 2.45) is 0 Å². The number of anilines is 1. The molecule has 0 aliphatic carbocycles. The number of carboxylic acids is 1. The highest BCUT2D eigenvalue weighted by atomic mass is 32.2. The minimum atomic E-state index is -3.69. The van der Waals surface area contributed by atoms with Gasteiger partial charge in [0.1, 0.15) is 0 Å². The highest BCUT2D eigenvalue weighted by Crippen LogP contribution is 2.21. The van der Waals surface area contributed by atoms with Gasteiger partial charge in [-0.15, -0.1) is 0 Å². The molecule has 0 fully saturated rings. The molecule has 2 aromatic rings. The maximum absolute atomic E-state index is 12.0. The first kappa shape index (κ1) is 18.0. The van der Waals surface area contributed by atoms with Crippen molar-refractivity contribution >= 4 is 21.7 Å². The van der Waals surface area contributed by atoms with E-state index in [2.05, 4.69) is 10.0 Å². The molecule has 24 heavy (non-hydrogen) atoms. The zero-order valence-electron chi connectivity index (χ0n) is 13.3. The van der Waals surface area contributed by atoms with E-state index in [9.17, 15) is 18.3 Å². The summed E-state index contributed by atoms with van der Waals surface area (Å²) in [5.41, 5.74) is 1.46. The second kappa shape index (κ2) is 7.94. The van der Waals surface area contributed by atoms with E-state index in [-0.39, 0.29) is 17.0 Å². The van der Waals surface area contributed by atoms with Crippen molar-refractivity contribution in [2.75, 3.05) is 18.4 Å². The minimum absolute atomic E-state index is 0.0599. The number of aromatic carboxylic acids is 1. The SMILES string of the molecule is CCNS(=O)(=O)c1ccc(NCCc2ccccc2)c(C(=O)O)c1. The maximum atomic E-state index is 12.0. The molecule has 2 aromatic carbocycles. The predicted molar refractivity (Wildman–Crippen MR) is 92.9 cm³/mol. The number of carboxylic acid groups (broad SMARTS) is 1. The number of sulfonamides is 1. The topological polar surface area (TPSA) is 95.5 Å². The Balaban J connectivity index is 2.16. The normalized spacial score (nSPS) is 11.2. The van der Waals surface area contributed by atoms with Gasteiger partial charge in [-0.25, -0.2) is 17.9 Å². The monoisotopic (exact) mass is 348 g/mol. The summed E-state index contributed by atoms with van der Waals surface area (Å²) in [6.07, 6.45) is 0.733.